The lowest BCUT2D eigenvalue weighted by Gasteiger charge is -2.46. The van der Waals surface area contributed by atoms with Gasteiger partial charge in [-0.3, -0.25) is 19.2 Å². The van der Waals surface area contributed by atoms with Crippen molar-refractivity contribution in [1.82, 2.24) is 5.32 Å². The minimum absolute atomic E-state index is 0.0000167. The van der Waals surface area contributed by atoms with E-state index >= 15 is 0 Å². The van der Waals surface area contributed by atoms with Gasteiger partial charge in [-0.05, 0) is 36.0 Å². The molecule has 3 aliphatic carbocycles. The molecular weight excluding hydrogens is 420 g/mol. The van der Waals surface area contributed by atoms with Gasteiger partial charge in [-0.25, -0.2) is 0 Å². The van der Waals surface area contributed by atoms with E-state index in [9.17, 15) is 39.6 Å². The van der Waals surface area contributed by atoms with Crippen molar-refractivity contribution in [3.63, 3.8) is 0 Å². The third kappa shape index (κ3) is 2.90. The SMILES string of the molecule is CC(=O)NCc1ccc(O)c2c1CC1CC3CC(=O)C(C(N)=O)=C(O)[C@@]3(O)C(=O)C1=C2O. The summed E-state index contributed by atoms with van der Waals surface area (Å²) in [4.78, 5) is 48.7. The number of fused-ring (bicyclic) bond motifs is 3. The van der Waals surface area contributed by atoms with Gasteiger partial charge in [0.1, 0.15) is 22.8 Å². The number of amides is 2. The molecule has 0 bridgehead atoms. The van der Waals surface area contributed by atoms with Crippen molar-refractivity contribution in [2.45, 2.75) is 38.3 Å². The van der Waals surface area contributed by atoms with Crippen LogP contribution in [0.2, 0.25) is 0 Å². The molecular formula is C22H22N2O8. The Morgan fingerprint density at radius 1 is 1.19 bits per heavy atom. The lowest BCUT2D eigenvalue weighted by molar-refractivity contribution is -0.147. The highest BCUT2D eigenvalue weighted by Gasteiger charge is 2.60. The molecule has 0 radical (unpaired) electrons. The number of benzene rings is 1. The molecule has 0 saturated heterocycles. The van der Waals surface area contributed by atoms with E-state index in [0.717, 1.165) is 0 Å². The predicted molar refractivity (Wildman–Crippen MR) is 109 cm³/mol. The molecule has 10 heteroatoms. The van der Waals surface area contributed by atoms with Gasteiger partial charge in [0.2, 0.25) is 11.7 Å². The number of phenolic OH excluding ortho intramolecular Hbond substituents is 1. The van der Waals surface area contributed by atoms with Gasteiger partial charge in [-0.15, -0.1) is 0 Å². The fourth-order valence-corrected chi connectivity index (χ4v) is 5.07. The van der Waals surface area contributed by atoms with Crippen molar-refractivity contribution < 1.29 is 39.6 Å². The highest BCUT2D eigenvalue weighted by molar-refractivity contribution is 6.22. The Bertz CT molecular complexity index is 1160. The number of phenols is 1. The Kier molecular flexibility index (Phi) is 4.85. The van der Waals surface area contributed by atoms with Crippen LogP contribution in [0.4, 0.5) is 0 Å². The van der Waals surface area contributed by atoms with Gasteiger partial charge in [-0.2, -0.15) is 0 Å². The molecule has 2 amide bonds. The molecule has 0 aliphatic heterocycles. The number of Topliss-reactive ketones (excluding diaryl/α,β-unsaturated/α-hetero) is 2. The maximum Gasteiger partial charge on any atom is 0.255 e. The van der Waals surface area contributed by atoms with Crippen LogP contribution < -0.4 is 11.1 Å². The maximum absolute atomic E-state index is 13.4. The van der Waals surface area contributed by atoms with Crippen LogP contribution in [-0.4, -0.2) is 49.4 Å². The fourth-order valence-electron chi connectivity index (χ4n) is 5.07. The number of aliphatic hydroxyl groups is 3. The van der Waals surface area contributed by atoms with E-state index in [1.54, 1.807) is 6.07 Å². The van der Waals surface area contributed by atoms with E-state index in [1.165, 1.54) is 13.0 Å². The number of rotatable bonds is 3. The van der Waals surface area contributed by atoms with Crippen LogP contribution in [0.25, 0.3) is 5.76 Å². The Hall–Kier alpha value is -3.66. The standard InChI is InChI=1S/C22H22N2O8/c1-8(25)24-7-9-2-3-13(26)16-12(9)5-10-4-11-6-14(27)17(21(23)31)20(30)22(11,32)19(29)15(10)18(16)28/h2-3,10-11,26,28,30,32H,4-7H2,1H3,(H2,23,31)(H,24,25)/t10?,11?,22-/m0/s1. The molecule has 0 spiro atoms. The first-order valence-electron chi connectivity index (χ1n) is 10.0. The summed E-state index contributed by atoms with van der Waals surface area (Å²) >= 11 is 0. The molecule has 4 rings (SSSR count). The number of ketones is 2. The topological polar surface area (TPSA) is 187 Å². The van der Waals surface area contributed by atoms with Crippen molar-refractivity contribution in [1.29, 1.82) is 0 Å². The zero-order chi connectivity index (χ0) is 23.5. The van der Waals surface area contributed by atoms with Crippen molar-refractivity contribution in [3.05, 3.63) is 45.7 Å². The molecule has 7 N–H and O–H groups in total. The summed E-state index contributed by atoms with van der Waals surface area (Å²) in [7, 11) is 0. The maximum atomic E-state index is 13.4. The Balaban J connectivity index is 1.88. The molecule has 3 atom stereocenters. The largest absolute Gasteiger partial charge is 0.508 e. The number of aromatic hydroxyl groups is 1. The highest BCUT2D eigenvalue weighted by atomic mass is 16.3. The summed E-state index contributed by atoms with van der Waals surface area (Å²) in [6.45, 7) is 1.49. The number of carbonyl (C=O) groups is 4. The van der Waals surface area contributed by atoms with Crippen LogP contribution in [0.1, 0.15) is 36.5 Å². The fraction of sp³-hybridized carbons (Fsp3) is 0.364. The van der Waals surface area contributed by atoms with Crippen LogP contribution in [0.5, 0.6) is 5.75 Å². The number of nitrogens with one attached hydrogen (secondary N) is 1. The first-order chi connectivity index (χ1) is 15.0. The number of hydrogen-bond donors (Lipinski definition) is 6. The van der Waals surface area contributed by atoms with Gasteiger partial charge >= 0.3 is 0 Å². The van der Waals surface area contributed by atoms with Gasteiger partial charge in [0, 0.05) is 31.4 Å². The van der Waals surface area contributed by atoms with Gasteiger partial charge < -0.3 is 31.5 Å². The molecule has 1 saturated carbocycles. The zero-order valence-electron chi connectivity index (χ0n) is 17.1. The molecule has 1 aromatic rings. The second-order valence-electron chi connectivity index (χ2n) is 8.41. The quantitative estimate of drug-likeness (QED) is 0.354. The van der Waals surface area contributed by atoms with Crippen molar-refractivity contribution in [2.75, 3.05) is 0 Å². The summed E-state index contributed by atoms with van der Waals surface area (Å²) in [5.41, 5.74) is 2.71. The number of carbonyl (C=O) groups excluding carboxylic acids is 4. The Morgan fingerprint density at radius 2 is 1.88 bits per heavy atom. The summed E-state index contributed by atoms with van der Waals surface area (Å²) < 4.78 is 0. The van der Waals surface area contributed by atoms with Crippen LogP contribution in [0.15, 0.2) is 29.0 Å². The van der Waals surface area contributed by atoms with E-state index in [-0.39, 0.29) is 48.6 Å². The van der Waals surface area contributed by atoms with Crippen molar-refractivity contribution in [2.24, 2.45) is 17.6 Å². The summed E-state index contributed by atoms with van der Waals surface area (Å²) in [6.07, 6.45) is -0.128. The normalized spacial score (nSPS) is 26.9. The summed E-state index contributed by atoms with van der Waals surface area (Å²) in [5.74, 6) is -6.94. The van der Waals surface area contributed by atoms with E-state index in [1.807, 2.05) is 0 Å². The van der Waals surface area contributed by atoms with Gasteiger partial charge in [0.05, 0.1) is 5.56 Å². The molecule has 0 aromatic heterocycles. The summed E-state index contributed by atoms with van der Waals surface area (Å²) in [6, 6.07) is 2.92. The minimum Gasteiger partial charge on any atom is -0.508 e. The van der Waals surface area contributed by atoms with E-state index in [2.05, 4.69) is 5.32 Å². The molecule has 0 heterocycles. The monoisotopic (exact) mass is 442 g/mol. The smallest absolute Gasteiger partial charge is 0.255 e. The summed E-state index contributed by atoms with van der Waals surface area (Å²) in [5, 5.41) is 45.7. The number of hydrogen-bond acceptors (Lipinski definition) is 8. The number of aliphatic hydroxyl groups excluding tert-OH is 2. The van der Waals surface area contributed by atoms with Crippen molar-refractivity contribution >= 4 is 29.1 Å². The van der Waals surface area contributed by atoms with Crippen LogP contribution >= 0.6 is 0 Å². The van der Waals surface area contributed by atoms with Crippen LogP contribution in [-0.2, 0) is 32.1 Å². The Labute approximate surface area is 182 Å². The van der Waals surface area contributed by atoms with Crippen LogP contribution in [0.3, 0.4) is 0 Å². The molecule has 1 aromatic carbocycles. The molecule has 1 fully saturated rings. The lowest BCUT2D eigenvalue weighted by Crippen LogP contribution is -2.58. The molecule has 2 unspecified atom stereocenters. The van der Waals surface area contributed by atoms with Gasteiger partial charge in [0.25, 0.3) is 5.91 Å². The second-order valence-corrected chi connectivity index (χ2v) is 8.41. The lowest BCUT2D eigenvalue weighted by atomic mass is 9.59. The Morgan fingerprint density at radius 3 is 2.50 bits per heavy atom. The zero-order valence-corrected chi connectivity index (χ0v) is 17.1. The molecule has 168 valence electrons. The van der Waals surface area contributed by atoms with Gasteiger partial charge in [0.15, 0.2) is 11.4 Å². The van der Waals surface area contributed by atoms with Crippen LogP contribution in [0, 0.1) is 11.8 Å². The number of primary amides is 1. The van der Waals surface area contributed by atoms with E-state index in [0.29, 0.717) is 11.1 Å². The second kappa shape index (κ2) is 7.20. The molecule has 3 aliphatic rings. The predicted octanol–water partition coefficient (Wildman–Crippen LogP) is 0.0600. The average molecular weight is 442 g/mol. The molecule has 10 nitrogen and oxygen atoms in total. The first-order valence-corrected chi connectivity index (χ1v) is 10.0. The van der Waals surface area contributed by atoms with E-state index < -0.39 is 52.0 Å². The van der Waals surface area contributed by atoms with Crippen molar-refractivity contribution in [3.8, 4) is 5.75 Å². The number of nitrogens with two attached hydrogens (primary N) is 1. The highest BCUT2D eigenvalue weighted by Crippen LogP contribution is 2.52. The third-order valence-corrected chi connectivity index (χ3v) is 6.57. The third-order valence-electron chi connectivity index (χ3n) is 6.57. The first kappa shape index (κ1) is 21.6. The van der Waals surface area contributed by atoms with E-state index in [4.69, 9.17) is 5.73 Å². The van der Waals surface area contributed by atoms with Gasteiger partial charge in [-0.1, -0.05) is 6.07 Å². The molecule has 32 heavy (non-hydrogen) atoms. The minimum atomic E-state index is -2.58. The average Bonchev–Trinajstić information content (AvgIpc) is 2.69.